The van der Waals surface area contributed by atoms with Crippen LogP contribution in [0.2, 0.25) is 0 Å². The summed E-state index contributed by atoms with van der Waals surface area (Å²) in [5.74, 6) is 0.683. The van der Waals surface area contributed by atoms with Gasteiger partial charge in [-0.25, -0.2) is 23.4 Å². The molecule has 32 heavy (non-hydrogen) atoms. The average molecular weight is 447 g/mol. The zero-order valence-electron chi connectivity index (χ0n) is 16.9. The first kappa shape index (κ1) is 19.9. The van der Waals surface area contributed by atoms with Crippen LogP contribution in [0.1, 0.15) is 15.9 Å². The first-order chi connectivity index (χ1) is 15.4. The second-order valence-corrected chi connectivity index (χ2v) is 9.29. The van der Waals surface area contributed by atoms with E-state index in [1.165, 1.54) is 18.3 Å². The van der Waals surface area contributed by atoms with Crippen molar-refractivity contribution in [2.75, 3.05) is 6.26 Å². The number of aromatic nitrogens is 4. The number of benzene rings is 2. The van der Waals surface area contributed by atoms with Crippen molar-refractivity contribution in [3.63, 3.8) is 0 Å². The summed E-state index contributed by atoms with van der Waals surface area (Å²) in [6.45, 7) is 0.340. The third kappa shape index (κ3) is 3.83. The van der Waals surface area contributed by atoms with Crippen LogP contribution in [0.15, 0.2) is 76.6 Å². The number of fused-ring (bicyclic) bond motifs is 2. The molecule has 10 heteroatoms. The van der Waals surface area contributed by atoms with Crippen molar-refractivity contribution in [2.24, 2.45) is 0 Å². The van der Waals surface area contributed by atoms with E-state index in [4.69, 9.17) is 4.42 Å². The van der Waals surface area contributed by atoms with Crippen LogP contribution in [0.3, 0.4) is 0 Å². The minimum absolute atomic E-state index is 0.193. The lowest BCUT2D eigenvalue weighted by Gasteiger charge is -2.06. The van der Waals surface area contributed by atoms with Gasteiger partial charge < -0.3 is 9.73 Å². The molecule has 0 bridgehead atoms. The van der Waals surface area contributed by atoms with Crippen LogP contribution in [-0.4, -0.2) is 39.9 Å². The fourth-order valence-electron chi connectivity index (χ4n) is 3.24. The van der Waals surface area contributed by atoms with Crippen molar-refractivity contribution < 1.29 is 17.6 Å². The van der Waals surface area contributed by atoms with Crippen LogP contribution in [0.5, 0.6) is 0 Å². The summed E-state index contributed by atoms with van der Waals surface area (Å²) in [6.07, 6.45) is 7.66. The summed E-state index contributed by atoms with van der Waals surface area (Å²) < 4.78 is 30.9. The van der Waals surface area contributed by atoms with Gasteiger partial charge in [0.05, 0.1) is 10.5 Å². The number of carbonyl (C=O) groups is 1. The van der Waals surface area contributed by atoms with Crippen LogP contribution in [-0.2, 0) is 16.4 Å². The fraction of sp³-hybridized carbons (Fsp3) is 0.0909. The molecular weight excluding hydrogens is 430 g/mol. The Morgan fingerprint density at radius 3 is 2.72 bits per heavy atom. The molecule has 3 aromatic heterocycles. The molecule has 0 saturated carbocycles. The molecule has 2 aromatic carbocycles. The average Bonchev–Trinajstić information content (AvgIpc) is 3.43. The Bertz CT molecular complexity index is 1570. The van der Waals surface area contributed by atoms with Gasteiger partial charge in [-0.3, -0.25) is 9.20 Å². The van der Waals surface area contributed by atoms with Crippen LogP contribution >= 0.6 is 0 Å². The molecular formula is C22H17N5O4S. The van der Waals surface area contributed by atoms with Gasteiger partial charge in [-0.1, -0.05) is 12.1 Å². The summed E-state index contributed by atoms with van der Waals surface area (Å²) in [4.78, 5) is 25.2. The van der Waals surface area contributed by atoms with Gasteiger partial charge in [-0.2, -0.15) is 0 Å². The van der Waals surface area contributed by atoms with Crippen LogP contribution < -0.4 is 5.32 Å². The number of rotatable bonds is 5. The van der Waals surface area contributed by atoms with Gasteiger partial charge >= 0.3 is 0 Å². The SMILES string of the molecule is CS(=O)(=O)c1ccc2oc(-c3ccc(CNC(=O)c4cnc5nccn5c4)cc3)nc2c1. The maximum Gasteiger partial charge on any atom is 0.254 e. The number of hydrogen-bond acceptors (Lipinski definition) is 7. The van der Waals surface area contributed by atoms with E-state index in [9.17, 15) is 13.2 Å². The first-order valence-electron chi connectivity index (χ1n) is 9.64. The molecule has 1 amide bonds. The third-order valence-electron chi connectivity index (χ3n) is 4.95. The van der Waals surface area contributed by atoms with Crippen molar-refractivity contribution in [1.82, 2.24) is 24.7 Å². The van der Waals surface area contributed by atoms with Gasteiger partial charge in [-0.15, -0.1) is 0 Å². The van der Waals surface area contributed by atoms with Crippen molar-refractivity contribution in [2.45, 2.75) is 11.4 Å². The summed E-state index contributed by atoms with van der Waals surface area (Å²) in [5, 5.41) is 2.86. The molecule has 0 unspecified atom stereocenters. The van der Waals surface area contributed by atoms with Gasteiger partial charge in [-0.05, 0) is 35.9 Å². The van der Waals surface area contributed by atoms with E-state index < -0.39 is 9.84 Å². The van der Waals surface area contributed by atoms with Gasteiger partial charge in [0.25, 0.3) is 5.91 Å². The number of sulfone groups is 1. The first-order valence-corrected chi connectivity index (χ1v) is 11.5. The Labute approximate surface area is 182 Å². The summed E-state index contributed by atoms with van der Waals surface area (Å²) in [5.41, 5.74) is 3.06. The summed E-state index contributed by atoms with van der Waals surface area (Å²) >= 11 is 0. The van der Waals surface area contributed by atoms with Crippen molar-refractivity contribution >= 4 is 32.6 Å². The number of amides is 1. The van der Waals surface area contributed by atoms with Crippen LogP contribution in [0.25, 0.3) is 28.3 Å². The molecule has 3 heterocycles. The van der Waals surface area contributed by atoms with E-state index in [-0.39, 0.29) is 10.8 Å². The molecule has 0 atom stereocenters. The van der Waals surface area contributed by atoms with Crippen molar-refractivity contribution in [1.29, 1.82) is 0 Å². The van der Waals surface area contributed by atoms with E-state index in [0.29, 0.717) is 34.9 Å². The van der Waals surface area contributed by atoms with E-state index >= 15 is 0 Å². The van der Waals surface area contributed by atoms with Gasteiger partial charge in [0.15, 0.2) is 15.4 Å². The molecule has 1 N–H and O–H groups in total. The molecule has 0 aliphatic carbocycles. The lowest BCUT2D eigenvalue weighted by atomic mass is 10.1. The van der Waals surface area contributed by atoms with Crippen molar-refractivity contribution in [3.8, 4) is 11.5 Å². The molecule has 0 spiro atoms. The summed E-state index contributed by atoms with van der Waals surface area (Å²) in [6, 6.07) is 12.0. The van der Waals surface area contributed by atoms with E-state index in [0.717, 1.165) is 17.4 Å². The van der Waals surface area contributed by atoms with Crippen LogP contribution in [0.4, 0.5) is 0 Å². The van der Waals surface area contributed by atoms with E-state index in [1.54, 1.807) is 29.1 Å². The Morgan fingerprint density at radius 2 is 1.94 bits per heavy atom. The molecule has 0 radical (unpaired) electrons. The minimum atomic E-state index is -3.32. The number of oxazole rings is 1. The van der Waals surface area contributed by atoms with Crippen molar-refractivity contribution in [3.05, 3.63) is 78.4 Å². The second kappa shape index (κ2) is 7.57. The maximum atomic E-state index is 12.4. The standard InChI is InChI=1S/C22H17N5O4S/c1-32(29,30)17-6-7-19-18(10-17)26-21(31-19)15-4-2-14(3-5-15)11-24-20(28)16-12-25-22-23-8-9-27(22)13-16/h2-10,12-13H,11H2,1H3,(H,24,28). The summed E-state index contributed by atoms with van der Waals surface area (Å²) in [7, 11) is -3.32. The number of carbonyl (C=O) groups excluding carboxylic acids is 1. The molecule has 160 valence electrons. The number of imidazole rings is 1. The molecule has 5 rings (SSSR count). The topological polar surface area (TPSA) is 119 Å². The number of hydrogen-bond donors (Lipinski definition) is 1. The van der Waals surface area contributed by atoms with E-state index in [2.05, 4.69) is 20.3 Å². The predicted molar refractivity (Wildman–Crippen MR) is 117 cm³/mol. The Balaban J connectivity index is 1.30. The second-order valence-electron chi connectivity index (χ2n) is 7.28. The molecule has 0 aliphatic rings. The normalized spacial score (nSPS) is 11.8. The highest BCUT2D eigenvalue weighted by Crippen LogP contribution is 2.26. The Morgan fingerprint density at radius 1 is 1.12 bits per heavy atom. The molecule has 0 aliphatic heterocycles. The highest BCUT2D eigenvalue weighted by Gasteiger charge is 2.13. The lowest BCUT2D eigenvalue weighted by Crippen LogP contribution is -2.23. The monoisotopic (exact) mass is 447 g/mol. The lowest BCUT2D eigenvalue weighted by molar-refractivity contribution is 0.0950. The van der Waals surface area contributed by atoms with Gasteiger partial charge in [0.2, 0.25) is 11.7 Å². The van der Waals surface area contributed by atoms with Gasteiger partial charge in [0, 0.05) is 43.2 Å². The zero-order valence-corrected chi connectivity index (χ0v) is 17.7. The Kier molecular flexibility index (Phi) is 4.71. The smallest absolute Gasteiger partial charge is 0.254 e. The highest BCUT2D eigenvalue weighted by atomic mass is 32.2. The molecule has 5 aromatic rings. The van der Waals surface area contributed by atoms with Gasteiger partial charge in [0.1, 0.15) is 5.52 Å². The van der Waals surface area contributed by atoms with E-state index in [1.807, 2.05) is 24.3 Å². The largest absolute Gasteiger partial charge is 0.436 e. The zero-order chi connectivity index (χ0) is 22.3. The highest BCUT2D eigenvalue weighted by molar-refractivity contribution is 7.90. The maximum absolute atomic E-state index is 12.4. The molecule has 0 saturated heterocycles. The predicted octanol–water partition coefficient (Wildman–Crippen LogP) is 2.87. The fourth-order valence-corrected chi connectivity index (χ4v) is 3.89. The third-order valence-corrected chi connectivity index (χ3v) is 6.06. The molecule has 0 fully saturated rings. The van der Waals surface area contributed by atoms with Crippen LogP contribution in [0, 0.1) is 0 Å². The molecule has 9 nitrogen and oxygen atoms in total. The number of nitrogens with zero attached hydrogens (tertiary/aromatic N) is 4. The number of nitrogens with one attached hydrogen (secondary N) is 1. The quantitative estimate of drug-likeness (QED) is 0.440. The Hall–Kier alpha value is -4.05. The minimum Gasteiger partial charge on any atom is -0.436 e.